The predicted molar refractivity (Wildman–Crippen MR) is 136 cm³/mol. The maximum Gasteiger partial charge on any atom is 0.261 e. The molecular formula is C23H22BrN3O3S2. The van der Waals surface area contributed by atoms with Crippen molar-refractivity contribution in [2.45, 2.75) is 25.7 Å². The van der Waals surface area contributed by atoms with E-state index in [1.54, 1.807) is 30.3 Å². The largest absolute Gasteiger partial charge is 0.332 e. The Bertz CT molecular complexity index is 1290. The summed E-state index contributed by atoms with van der Waals surface area (Å²) in [6, 6.07) is 16.9. The molecule has 0 aromatic heterocycles. The zero-order valence-electron chi connectivity index (χ0n) is 17.7. The summed E-state index contributed by atoms with van der Waals surface area (Å²) in [7, 11) is -3.74. The van der Waals surface area contributed by atoms with Gasteiger partial charge in [0, 0.05) is 15.7 Å². The highest BCUT2D eigenvalue weighted by atomic mass is 79.9. The molecule has 9 heteroatoms. The molecule has 3 rings (SSSR count). The maximum atomic E-state index is 12.7. The van der Waals surface area contributed by atoms with Gasteiger partial charge in [0.2, 0.25) is 0 Å². The molecule has 0 aliphatic rings. The minimum Gasteiger partial charge on any atom is -0.332 e. The van der Waals surface area contributed by atoms with Crippen molar-refractivity contribution in [3.63, 3.8) is 0 Å². The van der Waals surface area contributed by atoms with E-state index in [2.05, 4.69) is 31.3 Å². The number of nitrogens with one attached hydrogen (secondary N) is 3. The Morgan fingerprint density at radius 2 is 1.59 bits per heavy atom. The van der Waals surface area contributed by atoms with Crippen LogP contribution in [0.5, 0.6) is 0 Å². The lowest BCUT2D eigenvalue weighted by Gasteiger charge is -2.13. The van der Waals surface area contributed by atoms with Crippen LogP contribution < -0.4 is 15.4 Å². The number of hydrogen-bond donors (Lipinski definition) is 3. The van der Waals surface area contributed by atoms with Crippen molar-refractivity contribution < 1.29 is 13.2 Å². The van der Waals surface area contributed by atoms with Crippen LogP contribution in [0.4, 0.5) is 11.4 Å². The van der Waals surface area contributed by atoms with Crippen molar-refractivity contribution in [2.75, 3.05) is 10.0 Å². The molecule has 0 saturated heterocycles. The van der Waals surface area contributed by atoms with Gasteiger partial charge in [0.1, 0.15) is 0 Å². The molecule has 0 saturated carbocycles. The lowest BCUT2D eigenvalue weighted by Crippen LogP contribution is -2.34. The van der Waals surface area contributed by atoms with Gasteiger partial charge in [0.15, 0.2) is 5.11 Å². The molecule has 1 amide bonds. The second kappa shape index (κ2) is 9.81. The quantitative estimate of drug-likeness (QED) is 0.388. The highest BCUT2D eigenvalue weighted by Gasteiger charge is 2.16. The summed E-state index contributed by atoms with van der Waals surface area (Å²) in [5, 5.41) is 5.60. The average Bonchev–Trinajstić information content (AvgIpc) is 2.72. The number of benzene rings is 3. The van der Waals surface area contributed by atoms with E-state index in [1.807, 2.05) is 39.0 Å². The maximum absolute atomic E-state index is 12.7. The summed E-state index contributed by atoms with van der Waals surface area (Å²) in [5.74, 6) is -0.347. The second-order valence-electron chi connectivity index (χ2n) is 7.32. The number of amides is 1. The third kappa shape index (κ3) is 5.93. The molecule has 0 aliphatic carbocycles. The average molecular weight is 532 g/mol. The first kappa shape index (κ1) is 23.9. The molecule has 0 fully saturated rings. The van der Waals surface area contributed by atoms with E-state index >= 15 is 0 Å². The van der Waals surface area contributed by atoms with Crippen LogP contribution in [-0.4, -0.2) is 19.4 Å². The van der Waals surface area contributed by atoms with Gasteiger partial charge < -0.3 is 5.32 Å². The van der Waals surface area contributed by atoms with Crippen LogP contribution in [-0.2, 0) is 10.0 Å². The molecule has 6 nitrogen and oxygen atoms in total. The first-order chi connectivity index (χ1) is 15.0. The van der Waals surface area contributed by atoms with Crippen molar-refractivity contribution in [2.24, 2.45) is 0 Å². The summed E-state index contributed by atoms with van der Waals surface area (Å²) in [4.78, 5) is 12.5. The van der Waals surface area contributed by atoms with E-state index < -0.39 is 10.0 Å². The van der Waals surface area contributed by atoms with Crippen molar-refractivity contribution >= 4 is 60.6 Å². The number of aryl methyl sites for hydroxylation is 3. The Kier molecular flexibility index (Phi) is 7.33. The van der Waals surface area contributed by atoms with Gasteiger partial charge in [-0.1, -0.05) is 39.7 Å². The van der Waals surface area contributed by atoms with Crippen LogP contribution in [0.3, 0.4) is 0 Å². The summed E-state index contributed by atoms with van der Waals surface area (Å²) >= 11 is 8.61. The number of carbonyl (C=O) groups is 1. The van der Waals surface area contributed by atoms with Gasteiger partial charge in [-0.15, -0.1) is 0 Å². The molecule has 0 unspecified atom stereocenters. The molecule has 3 aromatic carbocycles. The number of carbonyl (C=O) groups excluding carboxylic acids is 1. The standard InChI is InChI=1S/C23H22BrN3O3S2/c1-14-4-11-21(16(3)12-14)27-32(29,30)19-9-7-18(8-10-19)25-23(31)26-22(28)17-6-5-15(2)20(24)13-17/h4-13,27H,1-3H3,(H2,25,26,28,31). The molecule has 3 N–H and O–H groups in total. The Morgan fingerprint density at radius 3 is 2.22 bits per heavy atom. The van der Waals surface area contributed by atoms with Crippen molar-refractivity contribution in [3.05, 3.63) is 87.4 Å². The Balaban J connectivity index is 1.65. The van der Waals surface area contributed by atoms with E-state index in [0.29, 0.717) is 16.9 Å². The highest BCUT2D eigenvalue weighted by molar-refractivity contribution is 9.10. The van der Waals surface area contributed by atoms with Gasteiger partial charge in [-0.25, -0.2) is 8.42 Å². The molecule has 0 aliphatic heterocycles. The summed E-state index contributed by atoms with van der Waals surface area (Å²) in [5.41, 5.74) is 4.46. The van der Waals surface area contributed by atoms with E-state index in [-0.39, 0.29) is 15.9 Å². The molecule has 0 heterocycles. The molecule has 32 heavy (non-hydrogen) atoms. The Morgan fingerprint density at radius 1 is 0.906 bits per heavy atom. The molecule has 0 bridgehead atoms. The van der Waals surface area contributed by atoms with Gasteiger partial charge in [-0.05, 0) is 86.6 Å². The number of sulfonamides is 1. The van der Waals surface area contributed by atoms with Crippen molar-refractivity contribution in [1.82, 2.24) is 5.32 Å². The lowest BCUT2D eigenvalue weighted by atomic mass is 10.1. The van der Waals surface area contributed by atoms with E-state index in [4.69, 9.17) is 12.2 Å². The van der Waals surface area contributed by atoms with Crippen LogP contribution >= 0.6 is 28.1 Å². The predicted octanol–water partition coefficient (Wildman–Crippen LogP) is 5.30. The number of halogens is 1. The number of rotatable bonds is 5. The van der Waals surface area contributed by atoms with Crippen LogP contribution in [0, 0.1) is 20.8 Å². The third-order valence-electron chi connectivity index (χ3n) is 4.71. The van der Waals surface area contributed by atoms with Gasteiger partial charge >= 0.3 is 0 Å². The molecule has 0 atom stereocenters. The number of thiocarbonyl (C=S) groups is 1. The van der Waals surface area contributed by atoms with Crippen molar-refractivity contribution in [3.8, 4) is 0 Å². The Hall–Kier alpha value is -2.75. The normalized spacial score (nSPS) is 11.0. The zero-order chi connectivity index (χ0) is 23.5. The smallest absolute Gasteiger partial charge is 0.261 e. The minimum atomic E-state index is -3.74. The fourth-order valence-electron chi connectivity index (χ4n) is 2.92. The van der Waals surface area contributed by atoms with Gasteiger partial charge in [-0.3, -0.25) is 14.8 Å². The number of anilines is 2. The fraction of sp³-hybridized carbons (Fsp3) is 0.130. The molecule has 3 aromatic rings. The molecule has 0 radical (unpaired) electrons. The molecular weight excluding hydrogens is 510 g/mol. The van der Waals surface area contributed by atoms with Gasteiger partial charge in [0.05, 0.1) is 10.6 Å². The topological polar surface area (TPSA) is 87.3 Å². The first-order valence-electron chi connectivity index (χ1n) is 9.64. The Labute approximate surface area is 201 Å². The first-order valence-corrected chi connectivity index (χ1v) is 12.3. The van der Waals surface area contributed by atoms with Crippen LogP contribution in [0.1, 0.15) is 27.0 Å². The van der Waals surface area contributed by atoms with Crippen LogP contribution in [0.15, 0.2) is 70.0 Å². The molecule has 0 spiro atoms. The molecule has 166 valence electrons. The van der Waals surface area contributed by atoms with E-state index in [9.17, 15) is 13.2 Å². The van der Waals surface area contributed by atoms with E-state index in [0.717, 1.165) is 21.2 Å². The fourth-order valence-corrected chi connectivity index (χ4v) is 4.64. The number of hydrogen-bond acceptors (Lipinski definition) is 4. The highest BCUT2D eigenvalue weighted by Crippen LogP contribution is 2.22. The summed E-state index contributed by atoms with van der Waals surface area (Å²) in [6.45, 7) is 5.73. The SMILES string of the molecule is Cc1ccc(NS(=O)(=O)c2ccc(NC(=S)NC(=O)c3ccc(C)c(Br)c3)cc2)c(C)c1. The summed E-state index contributed by atoms with van der Waals surface area (Å²) in [6.07, 6.45) is 0. The zero-order valence-corrected chi connectivity index (χ0v) is 20.9. The minimum absolute atomic E-state index is 0.107. The second-order valence-corrected chi connectivity index (χ2v) is 10.3. The lowest BCUT2D eigenvalue weighted by molar-refractivity contribution is 0.0977. The summed E-state index contributed by atoms with van der Waals surface area (Å²) < 4.78 is 28.9. The van der Waals surface area contributed by atoms with E-state index in [1.165, 1.54) is 12.1 Å². The third-order valence-corrected chi connectivity index (χ3v) is 7.15. The monoisotopic (exact) mass is 531 g/mol. The van der Waals surface area contributed by atoms with Crippen LogP contribution in [0.25, 0.3) is 0 Å². The van der Waals surface area contributed by atoms with Gasteiger partial charge in [-0.2, -0.15) is 0 Å². The van der Waals surface area contributed by atoms with Gasteiger partial charge in [0.25, 0.3) is 15.9 Å². The van der Waals surface area contributed by atoms with Crippen LogP contribution in [0.2, 0.25) is 0 Å². The van der Waals surface area contributed by atoms with Crippen molar-refractivity contribution in [1.29, 1.82) is 0 Å².